The first-order chi connectivity index (χ1) is 17.3. The molecule has 0 saturated carbocycles. The summed E-state index contributed by atoms with van der Waals surface area (Å²) in [6, 6.07) is 13.5. The number of methoxy groups -OCH3 is 2. The molecule has 8 heteroatoms. The molecule has 1 N–H and O–H groups in total. The van der Waals surface area contributed by atoms with E-state index in [1.54, 1.807) is 32.4 Å². The van der Waals surface area contributed by atoms with Crippen molar-refractivity contribution in [2.24, 2.45) is 0 Å². The van der Waals surface area contributed by atoms with Gasteiger partial charge in [0.2, 0.25) is 0 Å². The van der Waals surface area contributed by atoms with Crippen LogP contribution in [0.1, 0.15) is 36.6 Å². The molecule has 0 atom stereocenters. The minimum absolute atomic E-state index is 0.145. The molecule has 4 rings (SSSR count). The van der Waals surface area contributed by atoms with E-state index in [1.165, 1.54) is 5.56 Å². The predicted octanol–water partition coefficient (Wildman–Crippen LogP) is 5.26. The summed E-state index contributed by atoms with van der Waals surface area (Å²) in [5.74, 6) is 3.24. The molecule has 0 radical (unpaired) electrons. The Balaban J connectivity index is 1.52. The zero-order chi connectivity index (χ0) is 25.8. The van der Waals surface area contributed by atoms with Gasteiger partial charge in [0.1, 0.15) is 17.3 Å². The summed E-state index contributed by atoms with van der Waals surface area (Å²) in [6.45, 7) is 11.1. The number of urea groups is 1. The van der Waals surface area contributed by atoms with Gasteiger partial charge in [0, 0.05) is 66.9 Å². The highest BCUT2D eigenvalue weighted by atomic mass is 16.5. The van der Waals surface area contributed by atoms with Crippen LogP contribution in [0.5, 0.6) is 11.5 Å². The Kier molecular flexibility index (Phi) is 7.62. The quantitative estimate of drug-likeness (QED) is 0.509. The lowest BCUT2D eigenvalue weighted by Gasteiger charge is -2.37. The number of aromatic nitrogens is 2. The van der Waals surface area contributed by atoms with Crippen LogP contribution >= 0.6 is 0 Å². The van der Waals surface area contributed by atoms with E-state index in [1.807, 2.05) is 11.0 Å². The third-order valence-electron chi connectivity index (χ3n) is 6.44. The minimum Gasteiger partial charge on any atom is -0.497 e. The van der Waals surface area contributed by atoms with Gasteiger partial charge < -0.3 is 24.6 Å². The second-order valence-corrected chi connectivity index (χ2v) is 9.40. The van der Waals surface area contributed by atoms with E-state index in [0.29, 0.717) is 43.4 Å². The fraction of sp³-hybridized carbons (Fsp3) is 0.393. The fourth-order valence-electron chi connectivity index (χ4n) is 4.60. The average Bonchev–Trinajstić information content (AvgIpc) is 2.87. The Hall–Kier alpha value is -3.81. The highest BCUT2D eigenvalue weighted by molar-refractivity contribution is 5.90. The summed E-state index contributed by atoms with van der Waals surface area (Å²) in [6.07, 6.45) is 0. The maximum absolute atomic E-state index is 13.0. The van der Waals surface area contributed by atoms with Crippen LogP contribution in [0.4, 0.5) is 16.3 Å². The number of anilines is 2. The number of nitrogens with zero attached hydrogens (tertiary/aromatic N) is 4. The lowest BCUT2D eigenvalue weighted by molar-refractivity contribution is 0.208. The van der Waals surface area contributed by atoms with Crippen molar-refractivity contribution in [1.29, 1.82) is 0 Å². The van der Waals surface area contributed by atoms with Crippen LogP contribution in [0, 0.1) is 13.8 Å². The van der Waals surface area contributed by atoms with Gasteiger partial charge in [0.25, 0.3) is 0 Å². The van der Waals surface area contributed by atoms with Gasteiger partial charge in [-0.15, -0.1) is 0 Å². The van der Waals surface area contributed by atoms with Crippen molar-refractivity contribution in [1.82, 2.24) is 14.9 Å². The summed E-state index contributed by atoms with van der Waals surface area (Å²) in [5.41, 5.74) is 4.99. The number of piperazine rings is 1. The summed E-state index contributed by atoms with van der Waals surface area (Å²) < 4.78 is 10.6. The molecule has 1 fully saturated rings. The maximum atomic E-state index is 13.0. The Morgan fingerprint density at radius 2 is 1.61 bits per heavy atom. The number of benzene rings is 2. The maximum Gasteiger partial charge on any atom is 0.321 e. The van der Waals surface area contributed by atoms with Crippen LogP contribution < -0.4 is 19.7 Å². The first-order valence-electron chi connectivity index (χ1n) is 12.3. The number of hydrogen-bond donors (Lipinski definition) is 1. The van der Waals surface area contributed by atoms with Crippen LogP contribution in [0.2, 0.25) is 0 Å². The Morgan fingerprint density at radius 1 is 0.944 bits per heavy atom. The zero-order valence-electron chi connectivity index (χ0n) is 22.0. The summed E-state index contributed by atoms with van der Waals surface area (Å²) in [4.78, 5) is 27.0. The first-order valence-corrected chi connectivity index (χ1v) is 12.3. The molecule has 0 unspecified atom stereocenters. The third kappa shape index (κ3) is 5.53. The normalized spacial score (nSPS) is 13.6. The molecule has 0 spiro atoms. The number of aryl methyl sites for hydroxylation is 2. The molecule has 0 aliphatic carbocycles. The minimum atomic E-state index is -0.145. The van der Waals surface area contributed by atoms with E-state index in [0.717, 1.165) is 28.5 Å². The summed E-state index contributed by atoms with van der Waals surface area (Å²) in [7, 11) is 3.18. The molecule has 1 aromatic heterocycles. The second-order valence-electron chi connectivity index (χ2n) is 9.40. The number of amides is 2. The fourth-order valence-corrected chi connectivity index (χ4v) is 4.60. The van der Waals surface area contributed by atoms with Gasteiger partial charge in [0.15, 0.2) is 5.82 Å². The number of carbonyl (C=O) groups excluding carboxylic acids is 1. The molecule has 8 nitrogen and oxygen atoms in total. The van der Waals surface area contributed by atoms with E-state index >= 15 is 0 Å². The van der Waals surface area contributed by atoms with Gasteiger partial charge in [-0.1, -0.05) is 37.6 Å². The summed E-state index contributed by atoms with van der Waals surface area (Å²) in [5, 5.41) is 2.97. The molecule has 2 aromatic carbocycles. The molecule has 190 valence electrons. The van der Waals surface area contributed by atoms with Crippen LogP contribution in [0.25, 0.3) is 11.4 Å². The molecule has 1 saturated heterocycles. The molecular weight excluding hydrogens is 454 g/mol. The van der Waals surface area contributed by atoms with E-state index in [4.69, 9.17) is 19.4 Å². The number of hydrogen-bond acceptors (Lipinski definition) is 6. The molecule has 36 heavy (non-hydrogen) atoms. The van der Waals surface area contributed by atoms with Crippen molar-refractivity contribution < 1.29 is 14.3 Å². The van der Waals surface area contributed by atoms with Crippen molar-refractivity contribution in [3.05, 3.63) is 59.3 Å². The van der Waals surface area contributed by atoms with E-state index in [2.05, 4.69) is 56.1 Å². The van der Waals surface area contributed by atoms with Gasteiger partial charge in [-0.2, -0.15) is 0 Å². The highest BCUT2D eigenvalue weighted by Gasteiger charge is 2.26. The van der Waals surface area contributed by atoms with E-state index in [9.17, 15) is 4.79 Å². The van der Waals surface area contributed by atoms with E-state index in [-0.39, 0.29) is 11.9 Å². The van der Waals surface area contributed by atoms with Crippen molar-refractivity contribution >= 4 is 17.5 Å². The molecule has 0 bridgehead atoms. The Labute approximate surface area is 213 Å². The predicted molar refractivity (Wildman–Crippen MR) is 143 cm³/mol. The van der Waals surface area contributed by atoms with E-state index < -0.39 is 0 Å². The topological polar surface area (TPSA) is 79.8 Å². The zero-order valence-corrected chi connectivity index (χ0v) is 22.0. The van der Waals surface area contributed by atoms with Gasteiger partial charge in [-0.05, 0) is 25.8 Å². The Bertz CT molecular complexity index is 1210. The van der Waals surface area contributed by atoms with Gasteiger partial charge in [-0.3, -0.25) is 0 Å². The lowest BCUT2D eigenvalue weighted by atomic mass is 10.0. The molecule has 1 aliphatic rings. The largest absolute Gasteiger partial charge is 0.497 e. The standard InChI is InChI=1S/C28H35N5O3/c1-18(2)25-20(4)29-26(21-9-7-8-19(3)14-21)31-27(25)32-10-12-33(13-11-32)28(34)30-22-15-23(35-5)17-24(16-22)36-6/h7-9,14-18H,10-13H2,1-6H3,(H,30,34). The molecule has 2 amide bonds. The van der Waals surface area contributed by atoms with Gasteiger partial charge in [0.05, 0.1) is 14.2 Å². The van der Waals surface area contributed by atoms with Crippen LogP contribution in [-0.2, 0) is 0 Å². The van der Waals surface area contributed by atoms with Crippen LogP contribution in [0.15, 0.2) is 42.5 Å². The smallest absolute Gasteiger partial charge is 0.321 e. The second kappa shape index (κ2) is 10.8. The van der Waals surface area contributed by atoms with Crippen molar-refractivity contribution in [2.75, 3.05) is 50.6 Å². The van der Waals surface area contributed by atoms with Crippen LogP contribution in [0.3, 0.4) is 0 Å². The Morgan fingerprint density at radius 3 is 2.19 bits per heavy atom. The van der Waals surface area contributed by atoms with Crippen molar-refractivity contribution in [3.63, 3.8) is 0 Å². The SMILES string of the molecule is COc1cc(NC(=O)N2CCN(c3nc(-c4cccc(C)c4)nc(C)c3C(C)C)CC2)cc(OC)c1. The van der Waals surface area contributed by atoms with Gasteiger partial charge >= 0.3 is 6.03 Å². The molecule has 3 aromatic rings. The van der Waals surface area contributed by atoms with Crippen molar-refractivity contribution in [3.8, 4) is 22.9 Å². The molecular formula is C28H35N5O3. The number of rotatable bonds is 6. The van der Waals surface area contributed by atoms with Gasteiger partial charge in [-0.25, -0.2) is 14.8 Å². The number of carbonyl (C=O) groups is 1. The average molecular weight is 490 g/mol. The molecule has 1 aliphatic heterocycles. The molecule has 2 heterocycles. The number of ether oxygens (including phenoxy) is 2. The van der Waals surface area contributed by atoms with Crippen LogP contribution in [-0.4, -0.2) is 61.3 Å². The third-order valence-corrected chi connectivity index (χ3v) is 6.44. The first kappa shape index (κ1) is 25.3. The lowest BCUT2D eigenvalue weighted by Crippen LogP contribution is -2.50. The highest BCUT2D eigenvalue weighted by Crippen LogP contribution is 2.32. The number of nitrogens with one attached hydrogen (secondary N) is 1. The summed E-state index contributed by atoms with van der Waals surface area (Å²) >= 11 is 0. The van der Waals surface area contributed by atoms with Crippen molar-refractivity contribution in [2.45, 2.75) is 33.6 Å². The monoisotopic (exact) mass is 489 g/mol.